The molecule has 0 saturated heterocycles. The summed E-state index contributed by atoms with van der Waals surface area (Å²) in [6, 6.07) is 3.61. The Kier molecular flexibility index (Phi) is 6.49. The Bertz CT molecular complexity index is 349. The Morgan fingerprint density at radius 2 is 1.65 bits per heavy atom. The van der Waals surface area contributed by atoms with Gasteiger partial charge in [-0.05, 0) is 28.8 Å². The van der Waals surface area contributed by atoms with E-state index in [2.05, 4.69) is 41.5 Å². The summed E-state index contributed by atoms with van der Waals surface area (Å²) in [5.41, 5.74) is 1.72. The maximum absolute atomic E-state index is 10.1. The van der Waals surface area contributed by atoms with Gasteiger partial charge < -0.3 is 13.9 Å². The SMILES string of the molecule is CC(C)[Si](OCC[C@@H](O)c1ccco1)(C(C)C)C(C)C. The van der Waals surface area contributed by atoms with Gasteiger partial charge in [-0.25, -0.2) is 0 Å². The van der Waals surface area contributed by atoms with Crippen molar-refractivity contribution in [1.82, 2.24) is 0 Å². The van der Waals surface area contributed by atoms with Gasteiger partial charge in [0.25, 0.3) is 0 Å². The third-order valence-corrected chi connectivity index (χ3v) is 10.4. The van der Waals surface area contributed by atoms with Crippen molar-refractivity contribution >= 4 is 8.32 Å². The summed E-state index contributed by atoms with van der Waals surface area (Å²) in [4.78, 5) is 0. The fourth-order valence-corrected chi connectivity index (χ4v) is 8.94. The molecule has 1 rings (SSSR count). The van der Waals surface area contributed by atoms with Crippen LogP contribution in [0.3, 0.4) is 0 Å². The van der Waals surface area contributed by atoms with Crippen molar-refractivity contribution in [2.45, 2.75) is 70.7 Å². The molecular weight excluding hydrogens is 268 g/mol. The van der Waals surface area contributed by atoms with Crippen LogP contribution in [-0.4, -0.2) is 20.0 Å². The van der Waals surface area contributed by atoms with Crippen LogP contribution in [0.25, 0.3) is 0 Å². The average molecular weight is 298 g/mol. The van der Waals surface area contributed by atoms with Gasteiger partial charge in [0.05, 0.1) is 6.26 Å². The normalized spacial score (nSPS) is 14.5. The van der Waals surface area contributed by atoms with E-state index >= 15 is 0 Å². The highest BCUT2D eigenvalue weighted by Crippen LogP contribution is 2.42. The highest BCUT2D eigenvalue weighted by molar-refractivity contribution is 6.77. The summed E-state index contributed by atoms with van der Waals surface area (Å²) >= 11 is 0. The van der Waals surface area contributed by atoms with E-state index in [9.17, 15) is 5.11 Å². The first kappa shape index (κ1) is 17.5. The number of furan rings is 1. The van der Waals surface area contributed by atoms with Gasteiger partial charge in [0.1, 0.15) is 11.9 Å². The van der Waals surface area contributed by atoms with E-state index in [4.69, 9.17) is 8.84 Å². The Morgan fingerprint density at radius 1 is 1.10 bits per heavy atom. The molecule has 0 aliphatic rings. The van der Waals surface area contributed by atoms with Gasteiger partial charge >= 0.3 is 0 Å². The number of rotatable bonds is 8. The van der Waals surface area contributed by atoms with Crippen LogP contribution in [-0.2, 0) is 4.43 Å². The zero-order valence-electron chi connectivity index (χ0n) is 13.7. The Morgan fingerprint density at radius 3 is 2.05 bits per heavy atom. The van der Waals surface area contributed by atoms with Crippen LogP contribution in [0.1, 0.15) is 59.8 Å². The van der Waals surface area contributed by atoms with Crippen molar-refractivity contribution in [3.63, 3.8) is 0 Å². The van der Waals surface area contributed by atoms with E-state index in [-0.39, 0.29) is 0 Å². The molecule has 116 valence electrons. The lowest BCUT2D eigenvalue weighted by atomic mass is 10.2. The van der Waals surface area contributed by atoms with E-state index in [0.29, 0.717) is 35.4 Å². The predicted molar refractivity (Wildman–Crippen MR) is 85.3 cm³/mol. The van der Waals surface area contributed by atoms with E-state index in [1.807, 2.05) is 6.07 Å². The van der Waals surface area contributed by atoms with Gasteiger partial charge in [-0.15, -0.1) is 0 Å². The van der Waals surface area contributed by atoms with Crippen molar-refractivity contribution in [2.75, 3.05) is 6.61 Å². The lowest BCUT2D eigenvalue weighted by Crippen LogP contribution is -2.48. The predicted octanol–water partition coefficient (Wildman–Crippen LogP) is 4.90. The lowest BCUT2D eigenvalue weighted by Gasteiger charge is -2.42. The molecule has 4 heteroatoms. The second-order valence-corrected chi connectivity index (χ2v) is 11.9. The van der Waals surface area contributed by atoms with E-state index < -0.39 is 14.4 Å². The summed E-state index contributed by atoms with van der Waals surface area (Å²) in [6.45, 7) is 14.2. The van der Waals surface area contributed by atoms with Crippen molar-refractivity contribution in [3.8, 4) is 0 Å². The third kappa shape index (κ3) is 3.74. The molecule has 3 nitrogen and oxygen atoms in total. The second-order valence-electron chi connectivity index (χ2n) is 6.49. The van der Waals surface area contributed by atoms with E-state index in [0.717, 1.165) is 0 Å². The summed E-state index contributed by atoms with van der Waals surface area (Å²) in [5.74, 6) is 0.625. The molecule has 0 fully saturated rings. The molecule has 20 heavy (non-hydrogen) atoms. The van der Waals surface area contributed by atoms with Gasteiger partial charge in [0.15, 0.2) is 8.32 Å². The highest BCUT2D eigenvalue weighted by atomic mass is 28.4. The summed E-state index contributed by atoms with van der Waals surface area (Å²) in [5, 5.41) is 10.1. The molecule has 1 N–H and O–H groups in total. The van der Waals surface area contributed by atoms with Crippen LogP contribution in [0, 0.1) is 0 Å². The summed E-state index contributed by atoms with van der Waals surface area (Å²) in [7, 11) is -1.82. The van der Waals surface area contributed by atoms with Gasteiger partial charge in [-0.2, -0.15) is 0 Å². The zero-order valence-corrected chi connectivity index (χ0v) is 14.7. The smallest absolute Gasteiger partial charge is 0.200 e. The first-order chi connectivity index (χ1) is 9.32. The van der Waals surface area contributed by atoms with Crippen molar-refractivity contribution < 1.29 is 13.9 Å². The summed E-state index contributed by atoms with van der Waals surface area (Å²) < 4.78 is 11.6. The molecule has 0 unspecified atom stereocenters. The minimum atomic E-state index is -1.82. The Labute approximate surface area is 124 Å². The van der Waals surface area contributed by atoms with Gasteiger partial charge in [-0.1, -0.05) is 41.5 Å². The quantitative estimate of drug-likeness (QED) is 0.694. The standard InChI is InChI=1S/C16H30O3Si/c1-12(2)20(13(3)4,14(5)6)19-11-9-15(17)16-8-7-10-18-16/h7-8,10,12-15,17H,9,11H2,1-6H3/t15-/m1/s1. The molecule has 1 aromatic rings. The Balaban J connectivity index is 2.63. The van der Waals surface area contributed by atoms with Crippen molar-refractivity contribution in [2.24, 2.45) is 0 Å². The van der Waals surface area contributed by atoms with Gasteiger partial charge in [-0.3, -0.25) is 0 Å². The number of hydrogen-bond acceptors (Lipinski definition) is 3. The summed E-state index contributed by atoms with van der Waals surface area (Å²) in [6.07, 6.45) is 1.62. The van der Waals surface area contributed by atoms with E-state index in [1.165, 1.54) is 0 Å². The fraction of sp³-hybridized carbons (Fsp3) is 0.750. The minimum absolute atomic E-state index is 0.566. The molecule has 0 bridgehead atoms. The van der Waals surface area contributed by atoms with Gasteiger partial charge in [0, 0.05) is 13.0 Å². The van der Waals surface area contributed by atoms with Crippen molar-refractivity contribution in [3.05, 3.63) is 24.2 Å². The van der Waals surface area contributed by atoms with Crippen LogP contribution in [0.5, 0.6) is 0 Å². The molecule has 1 heterocycles. The second kappa shape index (κ2) is 7.43. The average Bonchev–Trinajstić information content (AvgIpc) is 2.86. The molecular formula is C16H30O3Si. The van der Waals surface area contributed by atoms with Crippen LogP contribution >= 0.6 is 0 Å². The molecule has 0 aliphatic heterocycles. The number of aliphatic hydroxyl groups excluding tert-OH is 1. The third-order valence-electron chi connectivity index (χ3n) is 4.32. The maximum Gasteiger partial charge on any atom is 0.200 e. The number of aliphatic hydroxyl groups is 1. The molecule has 1 atom stereocenters. The number of hydrogen-bond donors (Lipinski definition) is 1. The first-order valence-corrected chi connectivity index (χ1v) is 9.81. The molecule has 0 aliphatic carbocycles. The van der Waals surface area contributed by atoms with Gasteiger partial charge in [0.2, 0.25) is 0 Å². The molecule has 0 amide bonds. The fourth-order valence-electron chi connectivity index (χ4n) is 3.47. The monoisotopic (exact) mass is 298 g/mol. The highest BCUT2D eigenvalue weighted by Gasteiger charge is 2.44. The van der Waals surface area contributed by atoms with Crippen molar-refractivity contribution in [1.29, 1.82) is 0 Å². The largest absolute Gasteiger partial charge is 0.467 e. The molecule has 0 saturated carbocycles. The minimum Gasteiger partial charge on any atom is -0.467 e. The Hall–Kier alpha value is -0.583. The van der Waals surface area contributed by atoms with E-state index in [1.54, 1.807) is 12.3 Å². The van der Waals surface area contributed by atoms with Crippen LogP contribution in [0.2, 0.25) is 16.6 Å². The topological polar surface area (TPSA) is 42.6 Å². The maximum atomic E-state index is 10.1. The van der Waals surface area contributed by atoms with Crippen LogP contribution in [0.4, 0.5) is 0 Å². The molecule has 0 spiro atoms. The lowest BCUT2D eigenvalue weighted by molar-refractivity contribution is 0.114. The zero-order chi connectivity index (χ0) is 15.3. The van der Waals surface area contributed by atoms with Crippen LogP contribution in [0.15, 0.2) is 22.8 Å². The molecule has 0 aromatic carbocycles. The molecule has 1 aromatic heterocycles. The first-order valence-electron chi connectivity index (χ1n) is 7.67. The van der Waals surface area contributed by atoms with Crippen LogP contribution < -0.4 is 0 Å². The molecule has 0 radical (unpaired) electrons.